The maximum Gasteiger partial charge on any atom is 0.227 e. The Kier molecular flexibility index (Phi) is 5.90. The molecule has 0 atom stereocenters. The second-order valence-corrected chi connectivity index (χ2v) is 9.04. The van der Waals surface area contributed by atoms with Crippen LogP contribution in [0.5, 0.6) is 0 Å². The van der Waals surface area contributed by atoms with Gasteiger partial charge < -0.3 is 8.83 Å². The van der Waals surface area contributed by atoms with Crippen LogP contribution in [0.3, 0.4) is 0 Å². The number of halogens is 2. The highest BCUT2D eigenvalue weighted by atomic mass is 35.5. The van der Waals surface area contributed by atoms with Gasteiger partial charge in [0.05, 0.1) is 12.4 Å². The van der Waals surface area contributed by atoms with E-state index in [1.807, 2.05) is 97.1 Å². The average Bonchev–Trinajstić information content (AvgIpc) is 3.61. The molecule has 2 aromatic heterocycles. The van der Waals surface area contributed by atoms with Crippen LogP contribution in [-0.4, -0.2) is 9.97 Å². The van der Waals surface area contributed by atoms with Crippen LogP contribution in [-0.2, 0) is 0 Å². The lowest BCUT2D eigenvalue weighted by Crippen LogP contribution is -1.89. The second-order valence-electron chi connectivity index (χ2n) is 8.16. The normalized spacial score (nSPS) is 11.1. The Bertz CT molecular complexity index is 1530. The van der Waals surface area contributed by atoms with E-state index in [9.17, 15) is 0 Å². The Hall–Kier alpha value is -4.12. The molecule has 0 amide bonds. The average molecular weight is 509 g/mol. The monoisotopic (exact) mass is 508 g/mol. The molecule has 4 aromatic carbocycles. The maximum atomic E-state index is 6.17. The van der Waals surface area contributed by atoms with Crippen molar-refractivity contribution in [3.05, 3.63) is 120 Å². The number of rotatable bonds is 5. The van der Waals surface area contributed by atoms with Gasteiger partial charge in [-0.1, -0.05) is 59.6 Å². The molecule has 0 radical (unpaired) electrons. The number of aromatic nitrogens is 2. The lowest BCUT2D eigenvalue weighted by atomic mass is 9.95. The highest BCUT2D eigenvalue weighted by Gasteiger charge is 2.18. The molecule has 0 aliphatic rings. The molecule has 0 fully saturated rings. The van der Waals surface area contributed by atoms with E-state index in [2.05, 4.69) is 9.97 Å². The third-order valence-corrected chi connectivity index (χ3v) is 6.38. The van der Waals surface area contributed by atoms with E-state index in [1.54, 1.807) is 12.4 Å². The third kappa shape index (κ3) is 4.33. The maximum absolute atomic E-state index is 6.17. The van der Waals surface area contributed by atoms with Crippen LogP contribution < -0.4 is 0 Å². The fourth-order valence-corrected chi connectivity index (χ4v) is 4.35. The van der Waals surface area contributed by atoms with Gasteiger partial charge in [0.1, 0.15) is 0 Å². The van der Waals surface area contributed by atoms with Gasteiger partial charge in [-0.25, -0.2) is 9.97 Å². The third-order valence-electron chi connectivity index (χ3n) is 5.87. The van der Waals surface area contributed by atoms with Crippen molar-refractivity contribution in [1.82, 2.24) is 9.97 Å². The minimum absolute atomic E-state index is 0.527. The van der Waals surface area contributed by atoms with Gasteiger partial charge in [-0.05, 0) is 71.8 Å². The first-order valence-corrected chi connectivity index (χ1v) is 12.0. The first-order valence-electron chi connectivity index (χ1n) is 11.3. The zero-order valence-corrected chi connectivity index (χ0v) is 20.4. The Balaban J connectivity index is 1.40. The van der Waals surface area contributed by atoms with Crippen LogP contribution >= 0.6 is 23.2 Å². The minimum Gasteiger partial charge on any atom is -0.436 e. The standard InChI is InChI=1S/C30H18Cl2N2O2/c31-21-13-9-19(10-14-21)27-17-33-29(35-27)25-7-3-1-5-23(25)24-6-2-4-8-26(24)30-34-18-28(36-30)20-11-15-22(32)16-12-20/h1-18H. The quantitative estimate of drug-likeness (QED) is 0.232. The van der Waals surface area contributed by atoms with Crippen LogP contribution in [0, 0.1) is 0 Å². The number of nitrogens with zero attached hydrogens (tertiary/aromatic N) is 2. The van der Waals surface area contributed by atoms with Crippen molar-refractivity contribution in [1.29, 1.82) is 0 Å². The second kappa shape index (κ2) is 9.50. The molecule has 0 aliphatic carbocycles. The summed E-state index contributed by atoms with van der Waals surface area (Å²) in [5, 5.41) is 1.34. The highest BCUT2D eigenvalue weighted by Crippen LogP contribution is 2.39. The SMILES string of the molecule is Clc1ccc(-c2cnc(-c3ccccc3-c3ccccc3-c3ncc(-c4ccc(Cl)cc4)o3)o2)cc1. The van der Waals surface area contributed by atoms with Gasteiger partial charge in [-0.3, -0.25) is 0 Å². The summed E-state index contributed by atoms with van der Waals surface area (Å²) in [5.41, 5.74) is 5.48. The van der Waals surface area contributed by atoms with Crippen LogP contribution in [0.25, 0.3) is 56.7 Å². The number of oxazole rings is 2. The smallest absolute Gasteiger partial charge is 0.227 e. The predicted molar refractivity (Wildman–Crippen MR) is 144 cm³/mol. The summed E-state index contributed by atoms with van der Waals surface area (Å²) in [4.78, 5) is 9.15. The largest absolute Gasteiger partial charge is 0.436 e. The lowest BCUT2D eigenvalue weighted by molar-refractivity contribution is 0.588. The van der Waals surface area contributed by atoms with Gasteiger partial charge in [0.2, 0.25) is 11.8 Å². The van der Waals surface area contributed by atoms with Gasteiger partial charge in [0.15, 0.2) is 11.5 Å². The van der Waals surface area contributed by atoms with Crippen LogP contribution in [0.15, 0.2) is 118 Å². The molecule has 0 saturated heterocycles. The summed E-state index contributed by atoms with van der Waals surface area (Å²) in [5.74, 6) is 2.40. The Morgan fingerprint density at radius 1 is 0.444 bits per heavy atom. The van der Waals surface area contributed by atoms with Gasteiger partial charge in [0, 0.05) is 32.3 Å². The summed E-state index contributed by atoms with van der Waals surface area (Å²) < 4.78 is 12.3. The summed E-state index contributed by atoms with van der Waals surface area (Å²) in [6, 6.07) is 31.0. The van der Waals surface area contributed by atoms with E-state index < -0.39 is 0 Å². The molecule has 0 saturated carbocycles. The van der Waals surface area contributed by atoms with Crippen LogP contribution in [0.4, 0.5) is 0 Å². The number of hydrogen-bond acceptors (Lipinski definition) is 4. The Morgan fingerprint density at radius 3 is 1.19 bits per heavy atom. The highest BCUT2D eigenvalue weighted by molar-refractivity contribution is 6.30. The molecule has 174 valence electrons. The van der Waals surface area contributed by atoms with Crippen LogP contribution in [0.2, 0.25) is 10.0 Å². The molecule has 0 bridgehead atoms. The fraction of sp³-hybridized carbons (Fsp3) is 0. The zero-order valence-electron chi connectivity index (χ0n) is 18.9. The lowest BCUT2D eigenvalue weighted by Gasteiger charge is -2.10. The molecule has 6 rings (SSSR count). The predicted octanol–water partition coefficient (Wildman–Crippen LogP) is 9.30. The van der Waals surface area contributed by atoms with Crippen molar-refractivity contribution < 1.29 is 8.83 Å². The Labute approximate surface area is 217 Å². The number of benzene rings is 4. The van der Waals surface area contributed by atoms with Gasteiger partial charge >= 0.3 is 0 Å². The van der Waals surface area contributed by atoms with Gasteiger partial charge in [0.25, 0.3) is 0 Å². The molecule has 0 N–H and O–H groups in total. The van der Waals surface area contributed by atoms with Gasteiger partial charge in [-0.15, -0.1) is 0 Å². The first kappa shape index (κ1) is 22.4. The van der Waals surface area contributed by atoms with Crippen molar-refractivity contribution in [3.63, 3.8) is 0 Å². The molecule has 0 spiro atoms. The van der Waals surface area contributed by atoms with E-state index >= 15 is 0 Å². The van der Waals surface area contributed by atoms with E-state index in [0.717, 1.165) is 33.4 Å². The molecular formula is C30H18Cl2N2O2. The summed E-state index contributed by atoms with van der Waals surface area (Å²) in [6.07, 6.45) is 3.46. The molecule has 36 heavy (non-hydrogen) atoms. The van der Waals surface area contributed by atoms with Crippen molar-refractivity contribution in [2.75, 3.05) is 0 Å². The molecule has 4 nitrogen and oxygen atoms in total. The molecule has 2 heterocycles. The van der Waals surface area contributed by atoms with Crippen molar-refractivity contribution in [2.24, 2.45) is 0 Å². The van der Waals surface area contributed by atoms with E-state index in [4.69, 9.17) is 32.0 Å². The molecule has 0 unspecified atom stereocenters. The summed E-state index contributed by atoms with van der Waals surface area (Å²) in [6.45, 7) is 0. The van der Waals surface area contributed by atoms with Crippen LogP contribution in [0.1, 0.15) is 0 Å². The van der Waals surface area contributed by atoms with E-state index in [1.165, 1.54) is 0 Å². The molecular weight excluding hydrogens is 491 g/mol. The molecule has 0 aliphatic heterocycles. The van der Waals surface area contributed by atoms with Crippen molar-refractivity contribution in [2.45, 2.75) is 0 Å². The summed E-state index contributed by atoms with van der Waals surface area (Å²) >= 11 is 12.1. The topological polar surface area (TPSA) is 52.1 Å². The summed E-state index contributed by atoms with van der Waals surface area (Å²) in [7, 11) is 0. The molecule has 6 aromatic rings. The van der Waals surface area contributed by atoms with Gasteiger partial charge in [-0.2, -0.15) is 0 Å². The number of hydrogen-bond donors (Lipinski definition) is 0. The fourth-order valence-electron chi connectivity index (χ4n) is 4.10. The minimum atomic E-state index is 0.527. The van der Waals surface area contributed by atoms with Crippen molar-refractivity contribution in [3.8, 4) is 56.7 Å². The zero-order chi connectivity index (χ0) is 24.5. The molecule has 6 heteroatoms. The van der Waals surface area contributed by atoms with E-state index in [0.29, 0.717) is 33.3 Å². The Morgan fingerprint density at radius 2 is 0.806 bits per heavy atom. The van der Waals surface area contributed by atoms with E-state index in [-0.39, 0.29) is 0 Å². The van der Waals surface area contributed by atoms with Crippen molar-refractivity contribution >= 4 is 23.2 Å². The first-order chi connectivity index (χ1) is 17.7.